The first-order chi connectivity index (χ1) is 8.36. The lowest BCUT2D eigenvalue weighted by molar-refractivity contribution is -0.384. The second-order valence-electron chi connectivity index (χ2n) is 3.44. The molecule has 0 aliphatic heterocycles. The van der Waals surface area contributed by atoms with Crippen LogP contribution in [0.3, 0.4) is 0 Å². The molecular formula is C10H10ClFN2O4. The molecule has 1 aromatic rings. The first-order valence-electron chi connectivity index (χ1n) is 4.78. The number of methoxy groups -OCH3 is 1. The Labute approximate surface area is 107 Å². The predicted molar refractivity (Wildman–Crippen MR) is 63.4 cm³/mol. The van der Waals surface area contributed by atoms with Crippen molar-refractivity contribution < 1.29 is 18.8 Å². The molecule has 0 atom stereocenters. The Morgan fingerprint density at radius 1 is 1.61 bits per heavy atom. The first-order valence-corrected chi connectivity index (χ1v) is 5.16. The van der Waals surface area contributed by atoms with Gasteiger partial charge in [-0.2, -0.15) is 0 Å². The van der Waals surface area contributed by atoms with Gasteiger partial charge in [0.2, 0.25) is 0 Å². The molecule has 6 nitrogen and oxygen atoms in total. The van der Waals surface area contributed by atoms with Crippen LogP contribution in [0.2, 0.25) is 5.02 Å². The highest BCUT2D eigenvalue weighted by Crippen LogP contribution is 2.32. The van der Waals surface area contributed by atoms with Crippen molar-refractivity contribution in [3.8, 4) is 0 Å². The van der Waals surface area contributed by atoms with Gasteiger partial charge in [-0.25, -0.2) is 4.39 Å². The first kappa shape index (κ1) is 14.2. The zero-order chi connectivity index (χ0) is 13.9. The number of benzene rings is 1. The minimum Gasteiger partial charge on any atom is -0.468 e. The molecule has 0 spiro atoms. The maximum atomic E-state index is 13.2. The molecule has 0 aliphatic carbocycles. The normalized spacial score (nSPS) is 10.0. The zero-order valence-electron chi connectivity index (χ0n) is 9.65. The van der Waals surface area contributed by atoms with E-state index in [2.05, 4.69) is 4.74 Å². The summed E-state index contributed by atoms with van der Waals surface area (Å²) < 4.78 is 17.6. The number of likely N-dealkylation sites (N-methyl/N-ethyl adjacent to an activating group) is 1. The monoisotopic (exact) mass is 276 g/mol. The Bertz CT molecular complexity index is 495. The molecule has 0 aliphatic rings. The fourth-order valence-corrected chi connectivity index (χ4v) is 1.48. The van der Waals surface area contributed by atoms with Gasteiger partial charge in [0, 0.05) is 7.05 Å². The molecule has 98 valence electrons. The van der Waals surface area contributed by atoms with E-state index in [-0.39, 0.29) is 17.3 Å². The van der Waals surface area contributed by atoms with Crippen molar-refractivity contribution >= 4 is 28.9 Å². The molecule has 0 radical (unpaired) electrons. The minimum atomic E-state index is -0.890. The van der Waals surface area contributed by atoms with E-state index in [9.17, 15) is 19.3 Å². The van der Waals surface area contributed by atoms with Crippen LogP contribution in [0, 0.1) is 15.9 Å². The molecule has 0 saturated carbocycles. The number of ether oxygens (including phenoxy) is 1. The Hall–Kier alpha value is -1.89. The number of rotatable bonds is 4. The molecule has 0 amide bonds. The third-order valence-corrected chi connectivity index (χ3v) is 2.51. The van der Waals surface area contributed by atoms with Crippen molar-refractivity contribution in [2.75, 3.05) is 25.6 Å². The van der Waals surface area contributed by atoms with Gasteiger partial charge in [0.1, 0.15) is 18.0 Å². The van der Waals surface area contributed by atoms with E-state index >= 15 is 0 Å². The topological polar surface area (TPSA) is 72.7 Å². The van der Waals surface area contributed by atoms with E-state index in [4.69, 9.17) is 11.6 Å². The number of carbonyl (C=O) groups is 1. The van der Waals surface area contributed by atoms with Crippen molar-refractivity contribution in [1.29, 1.82) is 0 Å². The third-order valence-electron chi connectivity index (χ3n) is 2.22. The summed E-state index contributed by atoms with van der Waals surface area (Å²) in [6.07, 6.45) is 0. The third kappa shape index (κ3) is 3.07. The molecule has 0 saturated heterocycles. The van der Waals surface area contributed by atoms with Crippen molar-refractivity contribution in [2.45, 2.75) is 0 Å². The minimum absolute atomic E-state index is 0.0387. The van der Waals surface area contributed by atoms with E-state index in [1.807, 2.05) is 0 Å². The van der Waals surface area contributed by atoms with Gasteiger partial charge in [-0.15, -0.1) is 0 Å². The van der Waals surface area contributed by atoms with E-state index in [1.165, 1.54) is 19.1 Å². The lowest BCUT2D eigenvalue weighted by Gasteiger charge is -2.17. The molecule has 0 N–H and O–H groups in total. The number of hydrogen-bond donors (Lipinski definition) is 0. The van der Waals surface area contributed by atoms with Gasteiger partial charge in [-0.1, -0.05) is 11.6 Å². The molecule has 1 rings (SSSR count). The van der Waals surface area contributed by atoms with Crippen LogP contribution >= 0.6 is 11.6 Å². The number of halogens is 2. The molecule has 18 heavy (non-hydrogen) atoms. The molecule has 1 aromatic carbocycles. The van der Waals surface area contributed by atoms with E-state index < -0.39 is 22.4 Å². The highest BCUT2D eigenvalue weighted by Gasteiger charge is 2.22. The van der Waals surface area contributed by atoms with Gasteiger partial charge in [0.15, 0.2) is 0 Å². The maximum absolute atomic E-state index is 13.2. The Morgan fingerprint density at radius 2 is 2.22 bits per heavy atom. The molecule has 0 fully saturated rings. The molecule has 8 heteroatoms. The van der Waals surface area contributed by atoms with E-state index in [0.29, 0.717) is 6.07 Å². The second-order valence-corrected chi connectivity index (χ2v) is 3.85. The standard InChI is InChI=1S/C10H10ClFN2O4/c1-13(5-10(15)18-2)8-3-6(11)7(12)4-9(8)14(16)17/h3-4H,5H2,1-2H3. The number of nitro benzene ring substituents is 1. The van der Waals surface area contributed by atoms with E-state index in [1.54, 1.807) is 0 Å². The fourth-order valence-electron chi connectivity index (χ4n) is 1.32. The smallest absolute Gasteiger partial charge is 0.325 e. The predicted octanol–water partition coefficient (Wildman–Crippen LogP) is 2.00. The van der Waals surface area contributed by atoms with Gasteiger partial charge >= 0.3 is 5.97 Å². The summed E-state index contributed by atoms with van der Waals surface area (Å²) in [7, 11) is 2.63. The summed E-state index contributed by atoms with van der Waals surface area (Å²) in [5.41, 5.74) is -0.430. The number of anilines is 1. The fraction of sp³-hybridized carbons (Fsp3) is 0.300. The number of nitro groups is 1. The number of nitrogens with zero attached hydrogens (tertiary/aromatic N) is 2. The van der Waals surface area contributed by atoms with Crippen LogP contribution in [0.15, 0.2) is 12.1 Å². The molecular weight excluding hydrogens is 267 g/mol. The van der Waals surface area contributed by atoms with Gasteiger partial charge < -0.3 is 9.64 Å². The average Bonchev–Trinajstić information content (AvgIpc) is 2.31. The zero-order valence-corrected chi connectivity index (χ0v) is 10.4. The number of hydrogen-bond acceptors (Lipinski definition) is 5. The highest BCUT2D eigenvalue weighted by atomic mass is 35.5. The molecule has 0 bridgehead atoms. The van der Waals surface area contributed by atoms with Crippen LogP contribution in [0.25, 0.3) is 0 Å². The van der Waals surface area contributed by atoms with Crippen molar-refractivity contribution in [2.24, 2.45) is 0 Å². The van der Waals surface area contributed by atoms with Gasteiger partial charge in [-0.05, 0) is 6.07 Å². The van der Waals surface area contributed by atoms with Crippen molar-refractivity contribution in [3.05, 3.63) is 33.1 Å². The summed E-state index contributed by atoms with van der Waals surface area (Å²) >= 11 is 5.56. The van der Waals surface area contributed by atoms with Crippen molar-refractivity contribution in [1.82, 2.24) is 0 Å². The molecule has 0 unspecified atom stereocenters. The van der Waals surface area contributed by atoms with Crippen LogP contribution < -0.4 is 4.90 Å². The van der Waals surface area contributed by atoms with Crippen LogP contribution in [-0.4, -0.2) is 31.6 Å². The van der Waals surface area contributed by atoms with Gasteiger partial charge in [0.05, 0.1) is 23.1 Å². The van der Waals surface area contributed by atoms with Crippen LogP contribution in [0.4, 0.5) is 15.8 Å². The Balaban J connectivity index is 3.17. The summed E-state index contributed by atoms with van der Waals surface area (Å²) in [6.45, 7) is -0.209. The van der Waals surface area contributed by atoms with Crippen LogP contribution in [-0.2, 0) is 9.53 Å². The Morgan fingerprint density at radius 3 is 2.72 bits per heavy atom. The number of carbonyl (C=O) groups excluding carboxylic acids is 1. The van der Waals surface area contributed by atoms with Crippen LogP contribution in [0.1, 0.15) is 0 Å². The van der Waals surface area contributed by atoms with E-state index in [0.717, 1.165) is 6.07 Å². The maximum Gasteiger partial charge on any atom is 0.325 e. The lowest BCUT2D eigenvalue weighted by atomic mass is 10.2. The SMILES string of the molecule is COC(=O)CN(C)c1cc(Cl)c(F)cc1[N+](=O)[O-]. The molecule has 0 heterocycles. The summed E-state index contributed by atoms with van der Waals surface area (Å²) in [5, 5.41) is 10.5. The summed E-state index contributed by atoms with van der Waals surface area (Å²) in [4.78, 5) is 22.4. The van der Waals surface area contributed by atoms with Gasteiger partial charge in [0.25, 0.3) is 5.69 Å². The number of esters is 1. The van der Waals surface area contributed by atoms with Crippen molar-refractivity contribution in [3.63, 3.8) is 0 Å². The van der Waals surface area contributed by atoms with Crippen LogP contribution in [0.5, 0.6) is 0 Å². The quantitative estimate of drug-likeness (QED) is 0.478. The van der Waals surface area contributed by atoms with Gasteiger partial charge in [-0.3, -0.25) is 14.9 Å². The Kier molecular flexibility index (Phi) is 4.43. The average molecular weight is 277 g/mol. The largest absolute Gasteiger partial charge is 0.468 e. The molecule has 0 aromatic heterocycles. The summed E-state index contributed by atoms with van der Waals surface area (Å²) in [6, 6.07) is 1.81. The summed E-state index contributed by atoms with van der Waals surface area (Å²) in [5.74, 6) is -1.47. The highest BCUT2D eigenvalue weighted by molar-refractivity contribution is 6.31. The lowest BCUT2D eigenvalue weighted by Crippen LogP contribution is -2.27. The second kappa shape index (κ2) is 5.63.